The molecule has 7 aromatic rings. The number of rotatable bonds is 10. The number of hydrogen-bond donors (Lipinski definition) is 2. The van der Waals surface area contributed by atoms with Gasteiger partial charge in [0.15, 0.2) is 11.2 Å². The number of fused-ring (bicyclic) bond motifs is 4. The van der Waals surface area contributed by atoms with Gasteiger partial charge in [0, 0.05) is 56.0 Å². The molecule has 1 saturated carbocycles. The number of nitrogens with zero attached hydrogens (tertiary/aromatic N) is 7. The molecule has 0 amide bonds. The SMILES string of the molecule is CC(CN1c2ccccc2Sc2ccccc21)N(C)C.COc1ccc2cc([C@H](C)C(=O)O)ccc2c1.COc1cccc([C@@]2(O)CCCC[C@@H]2CN(C)C)c1.Cn1c(=O)c2c(ncn2C)n(C)c1=O. The fourth-order valence-electron chi connectivity index (χ4n) is 8.84. The molecule has 3 heterocycles. The van der Waals surface area contributed by atoms with E-state index in [1.165, 1.54) is 45.5 Å². The molecule has 1 aliphatic carbocycles. The maximum Gasteiger partial charge on any atom is 0.332 e. The topological polar surface area (TPSA) is 148 Å². The molecular formula is C55H69N7O7S. The number of likely N-dealkylation sites (N-methyl/N-ethyl adjacent to an activating group) is 1. The zero-order valence-electron chi connectivity index (χ0n) is 42.4. The highest BCUT2D eigenvalue weighted by molar-refractivity contribution is 7.99. The number of carboxylic acids is 1. The number of hydrogen-bond acceptors (Lipinski definition) is 11. The first kappa shape index (κ1) is 53.0. The Balaban J connectivity index is 0.000000154. The van der Waals surface area contributed by atoms with Gasteiger partial charge < -0.3 is 39.0 Å². The monoisotopic (exact) mass is 971 g/mol. The molecule has 5 aromatic carbocycles. The van der Waals surface area contributed by atoms with Crippen molar-refractivity contribution in [2.75, 3.05) is 60.4 Å². The molecule has 4 atom stereocenters. The molecule has 0 radical (unpaired) electrons. The third kappa shape index (κ3) is 12.1. The van der Waals surface area contributed by atoms with Gasteiger partial charge in [-0.3, -0.25) is 18.7 Å². The number of anilines is 2. The molecule has 1 unspecified atom stereocenters. The highest BCUT2D eigenvalue weighted by atomic mass is 32.2. The number of ether oxygens (including phenoxy) is 2. The summed E-state index contributed by atoms with van der Waals surface area (Å²) >= 11 is 1.87. The van der Waals surface area contributed by atoms with E-state index in [2.05, 4.69) is 103 Å². The fourth-order valence-corrected chi connectivity index (χ4v) is 9.94. The number of aliphatic hydroxyl groups is 1. The normalized spacial score (nSPS) is 16.9. The molecule has 70 heavy (non-hydrogen) atoms. The summed E-state index contributed by atoms with van der Waals surface area (Å²) in [6.07, 6.45) is 5.76. The highest BCUT2D eigenvalue weighted by Gasteiger charge is 2.40. The molecule has 9 rings (SSSR count). The van der Waals surface area contributed by atoms with Crippen molar-refractivity contribution >= 4 is 51.0 Å². The van der Waals surface area contributed by atoms with Crippen molar-refractivity contribution in [3.63, 3.8) is 0 Å². The van der Waals surface area contributed by atoms with Gasteiger partial charge in [-0.2, -0.15) is 0 Å². The van der Waals surface area contributed by atoms with E-state index in [4.69, 9.17) is 14.6 Å². The lowest BCUT2D eigenvalue weighted by molar-refractivity contribution is -0.138. The molecule has 1 aliphatic heterocycles. The van der Waals surface area contributed by atoms with Gasteiger partial charge in [0.1, 0.15) is 11.5 Å². The lowest BCUT2D eigenvalue weighted by Gasteiger charge is -2.41. The van der Waals surface area contributed by atoms with Crippen LogP contribution in [0.3, 0.4) is 0 Å². The van der Waals surface area contributed by atoms with Gasteiger partial charge in [-0.05, 0) is 125 Å². The summed E-state index contributed by atoms with van der Waals surface area (Å²) in [6.45, 7) is 5.88. The van der Waals surface area contributed by atoms with E-state index in [0.717, 1.165) is 70.3 Å². The Bertz CT molecular complexity index is 2970. The van der Waals surface area contributed by atoms with Gasteiger partial charge in [0.2, 0.25) is 0 Å². The summed E-state index contributed by atoms with van der Waals surface area (Å²) in [4.78, 5) is 47.6. The molecule has 0 bridgehead atoms. The Morgan fingerprint density at radius 2 is 1.41 bits per heavy atom. The molecule has 0 spiro atoms. The van der Waals surface area contributed by atoms with Crippen LogP contribution in [0.25, 0.3) is 21.9 Å². The summed E-state index contributed by atoms with van der Waals surface area (Å²) in [6, 6.07) is 37.2. The number of aliphatic carboxylic acids is 1. The molecule has 372 valence electrons. The summed E-state index contributed by atoms with van der Waals surface area (Å²) in [5, 5.41) is 22.2. The van der Waals surface area contributed by atoms with E-state index < -0.39 is 17.5 Å². The van der Waals surface area contributed by atoms with Crippen LogP contribution in [0.2, 0.25) is 0 Å². The predicted molar refractivity (Wildman–Crippen MR) is 282 cm³/mol. The second-order valence-electron chi connectivity index (χ2n) is 18.6. The van der Waals surface area contributed by atoms with Crippen LogP contribution < -0.4 is 25.6 Å². The first-order valence-corrected chi connectivity index (χ1v) is 24.4. The second-order valence-corrected chi connectivity index (χ2v) is 19.7. The zero-order chi connectivity index (χ0) is 50.9. The first-order chi connectivity index (χ1) is 33.4. The second kappa shape index (κ2) is 23.5. The van der Waals surface area contributed by atoms with Crippen molar-refractivity contribution in [3.05, 3.63) is 147 Å². The summed E-state index contributed by atoms with van der Waals surface area (Å²) in [5.74, 6) is 0.624. The van der Waals surface area contributed by atoms with E-state index in [1.54, 1.807) is 39.8 Å². The van der Waals surface area contributed by atoms with Crippen molar-refractivity contribution < 1.29 is 24.5 Å². The van der Waals surface area contributed by atoms with Gasteiger partial charge in [0.05, 0.1) is 43.4 Å². The van der Waals surface area contributed by atoms with Crippen molar-refractivity contribution in [2.24, 2.45) is 27.1 Å². The standard InChI is InChI=1S/C17H20N2S.C16H25NO2.C14H14O3.C8H10N4O2/c1-13(18(2)3)12-19-14-8-4-6-10-16(14)20-17-11-7-5-9-15(17)19;1-17(2)12-14-7-4-5-10-16(14,18)13-8-6-9-15(11-13)19-3;1-9(14(15)16)10-3-4-12-8-13(17-2)6-5-11(12)7-10;1-10-4-9-6-5(10)7(13)12(3)8(14)11(6)2/h4-11,13H,12H2,1-3H3;6,8-9,11,14,18H,4-5,7,10,12H2,1-3H3;3-9H,1-2H3,(H,15,16);4H,1-3H3/t;14-,16+;9-;/m.10./s1. The Morgan fingerprint density at radius 1 is 0.800 bits per heavy atom. The first-order valence-electron chi connectivity index (χ1n) is 23.6. The molecule has 1 fully saturated rings. The number of aromatic nitrogens is 4. The van der Waals surface area contributed by atoms with E-state index in [-0.39, 0.29) is 11.2 Å². The number of carboxylic acid groups (broad SMARTS) is 1. The minimum absolute atomic E-state index is 0.295. The Labute approximate surface area is 415 Å². The molecule has 2 aromatic heterocycles. The summed E-state index contributed by atoms with van der Waals surface area (Å²) in [7, 11) is 16.5. The van der Waals surface area contributed by atoms with Crippen molar-refractivity contribution in [3.8, 4) is 11.5 Å². The summed E-state index contributed by atoms with van der Waals surface area (Å²) in [5.41, 5.74) is 3.93. The van der Waals surface area contributed by atoms with E-state index in [9.17, 15) is 19.5 Å². The van der Waals surface area contributed by atoms with Crippen LogP contribution in [0.4, 0.5) is 11.4 Å². The molecule has 0 saturated heterocycles. The highest BCUT2D eigenvalue weighted by Crippen LogP contribution is 2.48. The number of methoxy groups -OCH3 is 2. The average Bonchev–Trinajstić information content (AvgIpc) is 3.76. The number of imidazole rings is 1. The summed E-state index contributed by atoms with van der Waals surface area (Å²) < 4.78 is 14.5. The molecule has 14 nitrogen and oxygen atoms in total. The quantitative estimate of drug-likeness (QED) is 0.135. The molecule has 2 aliphatic rings. The lowest BCUT2D eigenvalue weighted by atomic mass is 9.71. The number of aryl methyl sites for hydroxylation is 2. The average molecular weight is 972 g/mol. The van der Waals surface area contributed by atoms with Crippen molar-refractivity contribution in [1.82, 2.24) is 28.5 Å². The van der Waals surface area contributed by atoms with E-state index in [0.29, 0.717) is 23.1 Å². The van der Waals surface area contributed by atoms with Crippen molar-refractivity contribution in [2.45, 2.75) is 66.9 Å². The van der Waals surface area contributed by atoms with Crippen LogP contribution in [0.15, 0.2) is 135 Å². The van der Waals surface area contributed by atoms with Crippen molar-refractivity contribution in [1.29, 1.82) is 0 Å². The van der Waals surface area contributed by atoms with Crippen LogP contribution in [0, 0.1) is 5.92 Å². The number of benzene rings is 5. The van der Waals surface area contributed by atoms with Crippen LogP contribution in [0.1, 0.15) is 56.6 Å². The zero-order valence-corrected chi connectivity index (χ0v) is 43.2. The minimum Gasteiger partial charge on any atom is -0.497 e. The Hall–Kier alpha value is -6.39. The molecule has 2 N–H and O–H groups in total. The van der Waals surface area contributed by atoms with Gasteiger partial charge >= 0.3 is 11.7 Å². The van der Waals surface area contributed by atoms with E-state index >= 15 is 0 Å². The maximum atomic E-state index is 11.7. The predicted octanol–water partition coefficient (Wildman–Crippen LogP) is 8.88. The minimum atomic E-state index is -0.808. The lowest BCUT2D eigenvalue weighted by Crippen LogP contribution is -2.43. The third-order valence-corrected chi connectivity index (χ3v) is 14.4. The Morgan fingerprint density at radius 3 is 2.03 bits per heavy atom. The van der Waals surface area contributed by atoms with Gasteiger partial charge in [0.25, 0.3) is 5.56 Å². The van der Waals surface area contributed by atoms with Crippen LogP contribution in [-0.4, -0.2) is 106 Å². The fraction of sp³-hybridized carbons (Fsp3) is 0.382. The number of para-hydroxylation sites is 2. The smallest absolute Gasteiger partial charge is 0.332 e. The van der Waals surface area contributed by atoms with Gasteiger partial charge in [-0.15, -0.1) is 0 Å². The van der Waals surface area contributed by atoms with E-state index in [1.807, 2.05) is 72.4 Å². The van der Waals surface area contributed by atoms with Gasteiger partial charge in [-0.1, -0.05) is 85.3 Å². The molecular weight excluding hydrogens is 903 g/mol. The largest absolute Gasteiger partial charge is 0.497 e. The molecule has 15 heteroatoms. The Kier molecular flexibility index (Phi) is 17.8. The van der Waals surface area contributed by atoms with Crippen LogP contribution in [0.5, 0.6) is 11.5 Å². The maximum absolute atomic E-state index is 11.7. The number of carbonyl (C=O) groups is 1. The van der Waals surface area contributed by atoms with Crippen LogP contribution in [-0.2, 0) is 31.5 Å². The third-order valence-electron chi connectivity index (χ3n) is 13.3. The van der Waals surface area contributed by atoms with Gasteiger partial charge in [-0.25, -0.2) is 9.78 Å². The van der Waals surface area contributed by atoms with Crippen LogP contribution >= 0.6 is 11.8 Å².